The normalized spacial score (nSPS) is 12.5. The summed E-state index contributed by atoms with van der Waals surface area (Å²) in [6.07, 6.45) is 1.65. The summed E-state index contributed by atoms with van der Waals surface area (Å²) in [4.78, 5) is 17.0. The van der Waals surface area contributed by atoms with Gasteiger partial charge in [-0.15, -0.1) is 0 Å². The summed E-state index contributed by atoms with van der Waals surface area (Å²) in [7, 11) is 1.68. The molecule has 2 aromatic heterocycles. The maximum Gasteiger partial charge on any atom is 0.262 e. The molecule has 0 bridgehead atoms. The number of carbonyl (C=O) groups excluding carboxylic acids is 1. The Labute approximate surface area is 186 Å². The Morgan fingerprint density at radius 3 is 2.84 bits per heavy atom. The standard InChI is InChI=1S/C23H27N5O2S/c1-15-11-18(17(3)28(15)16(2)14-30-4)12-19(13-24)22(29)25-9-10-26-23-27-20-7-5-6-8-21(20)31-23/h5-8,11-12,16H,9-10,14H2,1-4H3,(H,25,29)(H,26,27)/b19-12+. The van der Waals surface area contributed by atoms with Gasteiger partial charge in [0.2, 0.25) is 0 Å². The lowest BCUT2D eigenvalue weighted by atomic mass is 10.1. The Bertz CT molecular complexity index is 1110. The number of methoxy groups -OCH3 is 1. The first-order valence-corrected chi connectivity index (χ1v) is 10.9. The van der Waals surface area contributed by atoms with Gasteiger partial charge >= 0.3 is 0 Å². The minimum absolute atomic E-state index is 0.0830. The van der Waals surface area contributed by atoms with Gasteiger partial charge < -0.3 is 19.9 Å². The van der Waals surface area contributed by atoms with Crippen LogP contribution in [-0.4, -0.2) is 42.3 Å². The van der Waals surface area contributed by atoms with Crippen molar-refractivity contribution < 1.29 is 9.53 Å². The molecule has 1 unspecified atom stereocenters. The van der Waals surface area contributed by atoms with Gasteiger partial charge in [0, 0.05) is 31.6 Å². The van der Waals surface area contributed by atoms with E-state index in [1.807, 2.05) is 50.2 Å². The average molecular weight is 438 g/mol. The highest BCUT2D eigenvalue weighted by Gasteiger charge is 2.15. The highest BCUT2D eigenvalue weighted by molar-refractivity contribution is 7.22. The first kappa shape index (κ1) is 22.5. The highest BCUT2D eigenvalue weighted by Crippen LogP contribution is 2.25. The number of aromatic nitrogens is 2. The lowest BCUT2D eigenvalue weighted by molar-refractivity contribution is -0.116. The maximum absolute atomic E-state index is 12.5. The Hall–Kier alpha value is -3.15. The van der Waals surface area contributed by atoms with E-state index in [2.05, 4.69) is 27.1 Å². The summed E-state index contributed by atoms with van der Waals surface area (Å²) >= 11 is 1.57. The minimum Gasteiger partial charge on any atom is -0.383 e. The zero-order valence-corrected chi connectivity index (χ0v) is 19.0. The van der Waals surface area contributed by atoms with E-state index in [1.54, 1.807) is 24.5 Å². The van der Waals surface area contributed by atoms with Crippen LogP contribution < -0.4 is 10.6 Å². The van der Waals surface area contributed by atoms with Crippen molar-refractivity contribution in [3.63, 3.8) is 0 Å². The van der Waals surface area contributed by atoms with Crippen molar-refractivity contribution in [2.45, 2.75) is 26.8 Å². The number of aryl methyl sites for hydroxylation is 1. The minimum atomic E-state index is -0.386. The van der Waals surface area contributed by atoms with Gasteiger partial charge in [-0.3, -0.25) is 4.79 Å². The molecule has 2 N–H and O–H groups in total. The van der Waals surface area contributed by atoms with E-state index in [1.165, 1.54) is 0 Å². The number of ether oxygens (including phenoxy) is 1. The third-order valence-electron chi connectivity index (χ3n) is 5.02. The molecule has 3 rings (SSSR count). The first-order chi connectivity index (χ1) is 14.9. The number of nitrogens with zero attached hydrogens (tertiary/aromatic N) is 3. The second-order valence-electron chi connectivity index (χ2n) is 7.34. The topological polar surface area (TPSA) is 92.0 Å². The Morgan fingerprint density at radius 1 is 1.35 bits per heavy atom. The number of hydrogen-bond donors (Lipinski definition) is 2. The summed E-state index contributed by atoms with van der Waals surface area (Å²) in [6.45, 7) is 7.57. The van der Waals surface area contributed by atoms with Crippen molar-refractivity contribution in [1.82, 2.24) is 14.9 Å². The number of fused-ring (bicyclic) bond motifs is 1. The Morgan fingerprint density at radius 2 is 2.13 bits per heavy atom. The molecule has 1 amide bonds. The average Bonchev–Trinajstić information content (AvgIpc) is 3.29. The number of rotatable bonds is 9. The van der Waals surface area contributed by atoms with Crippen LogP contribution in [0, 0.1) is 25.2 Å². The smallest absolute Gasteiger partial charge is 0.262 e. The van der Waals surface area contributed by atoms with E-state index in [4.69, 9.17) is 4.74 Å². The van der Waals surface area contributed by atoms with E-state index in [-0.39, 0.29) is 17.5 Å². The van der Waals surface area contributed by atoms with Gasteiger partial charge in [0.25, 0.3) is 5.91 Å². The van der Waals surface area contributed by atoms with Crippen LogP contribution in [0.2, 0.25) is 0 Å². The summed E-state index contributed by atoms with van der Waals surface area (Å²) in [5, 5.41) is 16.3. The number of para-hydroxylation sites is 1. The predicted molar refractivity (Wildman–Crippen MR) is 125 cm³/mol. The van der Waals surface area contributed by atoms with Crippen LogP contribution in [0.5, 0.6) is 0 Å². The van der Waals surface area contributed by atoms with E-state index < -0.39 is 0 Å². The van der Waals surface area contributed by atoms with Crippen LogP contribution in [-0.2, 0) is 9.53 Å². The van der Waals surface area contributed by atoms with E-state index in [0.29, 0.717) is 19.7 Å². The third-order valence-corrected chi connectivity index (χ3v) is 6.01. The molecule has 0 spiro atoms. The Kier molecular flexibility index (Phi) is 7.45. The zero-order chi connectivity index (χ0) is 22.4. The summed E-state index contributed by atoms with van der Waals surface area (Å²) in [6, 6.07) is 12.1. The number of thiazole rings is 1. The highest BCUT2D eigenvalue weighted by atomic mass is 32.1. The molecule has 31 heavy (non-hydrogen) atoms. The molecule has 0 aliphatic carbocycles. The fourth-order valence-electron chi connectivity index (χ4n) is 3.64. The number of hydrogen-bond acceptors (Lipinski definition) is 6. The largest absolute Gasteiger partial charge is 0.383 e. The third kappa shape index (κ3) is 5.32. The van der Waals surface area contributed by atoms with Gasteiger partial charge in [-0.25, -0.2) is 4.98 Å². The lowest BCUT2D eigenvalue weighted by Gasteiger charge is -2.17. The van der Waals surface area contributed by atoms with Crippen LogP contribution in [0.15, 0.2) is 35.9 Å². The summed E-state index contributed by atoms with van der Waals surface area (Å²) in [5.74, 6) is -0.386. The van der Waals surface area contributed by atoms with E-state index in [0.717, 1.165) is 32.3 Å². The molecule has 0 aliphatic heterocycles. The van der Waals surface area contributed by atoms with Crippen LogP contribution in [0.3, 0.4) is 0 Å². The number of carbonyl (C=O) groups is 1. The molecule has 1 aromatic carbocycles. The van der Waals surface area contributed by atoms with Gasteiger partial charge in [-0.1, -0.05) is 23.5 Å². The van der Waals surface area contributed by atoms with Crippen molar-refractivity contribution >= 4 is 38.7 Å². The SMILES string of the molecule is COCC(C)n1c(C)cc(/C=C(\C#N)C(=O)NCCNc2nc3ccccc3s2)c1C. The van der Waals surface area contributed by atoms with Gasteiger partial charge in [-0.2, -0.15) is 5.26 Å². The fraction of sp³-hybridized carbons (Fsp3) is 0.348. The molecule has 0 saturated carbocycles. The maximum atomic E-state index is 12.5. The van der Waals surface area contributed by atoms with Crippen LogP contribution in [0.4, 0.5) is 5.13 Å². The van der Waals surface area contributed by atoms with Gasteiger partial charge in [0.15, 0.2) is 5.13 Å². The lowest BCUT2D eigenvalue weighted by Crippen LogP contribution is -2.29. The molecular formula is C23H27N5O2S. The van der Waals surface area contributed by atoms with Crippen LogP contribution in [0.25, 0.3) is 16.3 Å². The van der Waals surface area contributed by atoms with Gasteiger partial charge in [0.1, 0.15) is 11.6 Å². The molecule has 162 valence electrons. The van der Waals surface area contributed by atoms with E-state index >= 15 is 0 Å². The van der Waals surface area contributed by atoms with Crippen molar-refractivity contribution in [1.29, 1.82) is 5.26 Å². The van der Waals surface area contributed by atoms with Crippen LogP contribution in [0.1, 0.15) is 29.9 Å². The molecule has 0 saturated heterocycles. The molecule has 0 fully saturated rings. The summed E-state index contributed by atoms with van der Waals surface area (Å²) in [5.41, 5.74) is 3.96. The number of anilines is 1. The predicted octanol–water partition coefficient (Wildman–Crippen LogP) is 4.06. The molecule has 2 heterocycles. The molecule has 7 nitrogen and oxygen atoms in total. The van der Waals surface area contributed by atoms with E-state index in [9.17, 15) is 10.1 Å². The number of benzene rings is 1. The van der Waals surface area contributed by atoms with Gasteiger partial charge in [0.05, 0.1) is 22.9 Å². The molecule has 8 heteroatoms. The van der Waals surface area contributed by atoms with Crippen molar-refractivity contribution in [3.8, 4) is 6.07 Å². The van der Waals surface area contributed by atoms with Crippen molar-refractivity contribution in [2.75, 3.05) is 32.1 Å². The fourth-order valence-corrected chi connectivity index (χ4v) is 4.53. The summed E-state index contributed by atoms with van der Waals surface area (Å²) < 4.78 is 8.53. The first-order valence-electron chi connectivity index (χ1n) is 10.1. The van der Waals surface area contributed by atoms with Crippen LogP contribution >= 0.6 is 11.3 Å². The molecule has 0 radical (unpaired) electrons. The quantitative estimate of drug-likeness (QED) is 0.299. The second-order valence-corrected chi connectivity index (χ2v) is 8.37. The molecule has 1 atom stereocenters. The zero-order valence-electron chi connectivity index (χ0n) is 18.2. The molecular weight excluding hydrogens is 410 g/mol. The molecule has 0 aliphatic rings. The van der Waals surface area contributed by atoms with Gasteiger partial charge in [-0.05, 0) is 50.6 Å². The Balaban J connectivity index is 1.60. The van der Waals surface area contributed by atoms with Crippen molar-refractivity contribution in [2.24, 2.45) is 0 Å². The second kappa shape index (κ2) is 10.2. The number of nitriles is 1. The number of amides is 1. The van der Waals surface area contributed by atoms with Crippen molar-refractivity contribution in [3.05, 3.63) is 52.9 Å². The number of nitrogens with one attached hydrogen (secondary N) is 2. The molecule has 3 aromatic rings. The monoisotopic (exact) mass is 437 g/mol.